The molecule has 2 rings (SSSR count). The van der Waals surface area contributed by atoms with E-state index in [2.05, 4.69) is 15.0 Å². The smallest absolute Gasteiger partial charge is 0.322 e. The van der Waals surface area contributed by atoms with Crippen molar-refractivity contribution in [2.24, 2.45) is 0 Å². The quantitative estimate of drug-likeness (QED) is 0.828. The van der Waals surface area contributed by atoms with Gasteiger partial charge in [-0.1, -0.05) is 0 Å². The summed E-state index contributed by atoms with van der Waals surface area (Å²) in [5.41, 5.74) is 0. The van der Waals surface area contributed by atoms with Crippen LogP contribution in [0.5, 0.6) is 6.01 Å². The van der Waals surface area contributed by atoms with Crippen LogP contribution in [0.1, 0.15) is 12.7 Å². The van der Waals surface area contributed by atoms with E-state index in [-0.39, 0.29) is 11.3 Å². The molecule has 18 heavy (non-hydrogen) atoms. The van der Waals surface area contributed by atoms with Gasteiger partial charge in [0.25, 0.3) is 0 Å². The molecule has 7 heteroatoms. The van der Waals surface area contributed by atoms with E-state index >= 15 is 0 Å². The van der Waals surface area contributed by atoms with Gasteiger partial charge >= 0.3 is 6.01 Å². The second kappa shape index (κ2) is 5.68. The summed E-state index contributed by atoms with van der Waals surface area (Å²) in [5.74, 6) is 1.25. The molecule has 0 amide bonds. The zero-order chi connectivity index (χ0) is 13.0. The highest BCUT2D eigenvalue weighted by Gasteiger charge is 2.11. The topological polar surface area (TPSA) is 64.3 Å². The molecule has 0 unspecified atom stereocenters. The Hall–Kier alpha value is -1.82. The number of hydrogen-bond donors (Lipinski definition) is 0. The maximum absolute atomic E-state index is 5.82. The fourth-order valence-corrected chi connectivity index (χ4v) is 1.54. The maximum atomic E-state index is 5.82. The van der Waals surface area contributed by atoms with Crippen molar-refractivity contribution in [3.05, 3.63) is 29.4 Å². The Morgan fingerprint density at radius 1 is 1.39 bits per heavy atom. The summed E-state index contributed by atoms with van der Waals surface area (Å²) in [6.45, 7) is 2.87. The highest BCUT2D eigenvalue weighted by molar-refractivity contribution is 6.28. The van der Waals surface area contributed by atoms with Crippen molar-refractivity contribution in [2.45, 2.75) is 13.5 Å². The van der Waals surface area contributed by atoms with Crippen LogP contribution in [0.15, 0.2) is 22.8 Å². The second-order valence-corrected chi connectivity index (χ2v) is 3.89. The maximum Gasteiger partial charge on any atom is 0.322 e. The predicted octanol–water partition coefficient (Wildman–Crippen LogP) is 2.15. The van der Waals surface area contributed by atoms with Gasteiger partial charge in [0.1, 0.15) is 5.76 Å². The Morgan fingerprint density at radius 3 is 2.89 bits per heavy atom. The molecule has 0 aliphatic carbocycles. The van der Waals surface area contributed by atoms with Gasteiger partial charge in [0.2, 0.25) is 11.2 Å². The van der Waals surface area contributed by atoms with E-state index in [0.29, 0.717) is 19.1 Å². The highest BCUT2D eigenvalue weighted by atomic mass is 35.5. The van der Waals surface area contributed by atoms with E-state index in [1.54, 1.807) is 11.2 Å². The molecule has 2 aromatic heterocycles. The molecule has 0 N–H and O–H groups in total. The summed E-state index contributed by atoms with van der Waals surface area (Å²) >= 11 is 5.82. The number of anilines is 1. The van der Waals surface area contributed by atoms with E-state index in [1.807, 2.05) is 26.1 Å². The highest BCUT2D eigenvalue weighted by Crippen LogP contribution is 2.16. The molecule has 0 fully saturated rings. The number of ether oxygens (including phenoxy) is 1. The molecule has 0 spiro atoms. The number of nitrogens with zero attached hydrogens (tertiary/aromatic N) is 4. The van der Waals surface area contributed by atoms with Crippen LogP contribution in [0.4, 0.5) is 5.95 Å². The first-order valence-electron chi connectivity index (χ1n) is 5.47. The number of rotatable bonds is 5. The van der Waals surface area contributed by atoms with Crippen molar-refractivity contribution < 1.29 is 9.15 Å². The Labute approximate surface area is 110 Å². The minimum Gasteiger partial charge on any atom is -0.467 e. The first kappa shape index (κ1) is 12.6. The third-order valence-electron chi connectivity index (χ3n) is 2.16. The van der Waals surface area contributed by atoms with Gasteiger partial charge in [-0.15, -0.1) is 0 Å². The number of halogens is 1. The van der Waals surface area contributed by atoms with Crippen molar-refractivity contribution in [1.82, 2.24) is 15.0 Å². The predicted molar refractivity (Wildman–Crippen MR) is 66.8 cm³/mol. The Kier molecular flexibility index (Phi) is 3.99. The summed E-state index contributed by atoms with van der Waals surface area (Å²) in [6.07, 6.45) is 1.62. The lowest BCUT2D eigenvalue weighted by Crippen LogP contribution is -2.19. The fraction of sp³-hybridized carbons (Fsp3) is 0.364. The van der Waals surface area contributed by atoms with Gasteiger partial charge in [-0.3, -0.25) is 0 Å². The minimum atomic E-state index is 0.106. The van der Waals surface area contributed by atoms with Crippen molar-refractivity contribution in [3.63, 3.8) is 0 Å². The van der Waals surface area contributed by atoms with Crippen molar-refractivity contribution in [1.29, 1.82) is 0 Å². The zero-order valence-electron chi connectivity index (χ0n) is 10.1. The molecule has 0 saturated carbocycles. The Balaban J connectivity index is 2.16. The lowest BCUT2D eigenvalue weighted by Gasteiger charge is -2.15. The second-order valence-electron chi connectivity index (χ2n) is 3.56. The van der Waals surface area contributed by atoms with E-state index in [4.69, 9.17) is 20.8 Å². The number of aromatic nitrogens is 3. The van der Waals surface area contributed by atoms with Crippen LogP contribution in [-0.4, -0.2) is 28.6 Å². The van der Waals surface area contributed by atoms with Gasteiger partial charge in [-0.25, -0.2) is 0 Å². The van der Waals surface area contributed by atoms with Gasteiger partial charge in [0, 0.05) is 7.05 Å². The van der Waals surface area contributed by atoms with Crippen LogP contribution in [0.25, 0.3) is 0 Å². The van der Waals surface area contributed by atoms with Gasteiger partial charge in [0.05, 0.1) is 19.4 Å². The third kappa shape index (κ3) is 3.10. The molecule has 0 bridgehead atoms. The summed E-state index contributed by atoms with van der Waals surface area (Å²) in [5, 5.41) is 0.106. The Morgan fingerprint density at radius 2 is 2.22 bits per heavy atom. The molecule has 96 valence electrons. The van der Waals surface area contributed by atoms with Gasteiger partial charge in [-0.05, 0) is 30.7 Å². The average molecular weight is 269 g/mol. The van der Waals surface area contributed by atoms with Crippen LogP contribution in [0.2, 0.25) is 5.28 Å². The molecular formula is C11H13ClN4O2. The van der Waals surface area contributed by atoms with Gasteiger partial charge < -0.3 is 14.1 Å². The standard InChI is InChI=1S/C11H13ClN4O2/c1-3-17-11-14-9(12)13-10(15-11)16(2)7-8-5-4-6-18-8/h4-6H,3,7H2,1-2H3. The van der Waals surface area contributed by atoms with Crippen LogP contribution in [-0.2, 0) is 6.54 Å². The first-order chi connectivity index (χ1) is 8.69. The first-order valence-corrected chi connectivity index (χ1v) is 5.84. The van der Waals surface area contributed by atoms with Crippen LogP contribution < -0.4 is 9.64 Å². The van der Waals surface area contributed by atoms with E-state index in [0.717, 1.165) is 5.76 Å². The summed E-state index contributed by atoms with van der Waals surface area (Å²) in [7, 11) is 1.84. The normalized spacial score (nSPS) is 10.4. The lowest BCUT2D eigenvalue weighted by molar-refractivity contribution is 0.311. The molecule has 6 nitrogen and oxygen atoms in total. The van der Waals surface area contributed by atoms with E-state index in [1.165, 1.54) is 0 Å². The van der Waals surface area contributed by atoms with Gasteiger partial charge in [-0.2, -0.15) is 15.0 Å². The van der Waals surface area contributed by atoms with Gasteiger partial charge in [0.15, 0.2) is 0 Å². The lowest BCUT2D eigenvalue weighted by atomic mass is 10.4. The molecule has 2 aromatic rings. The minimum absolute atomic E-state index is 0.106. The summed E-state index contributed by atoms with van der Waals surface area (Å²) in [4.78, 5) is 13.9. The monoisotopic (exact) mass is 268 g/mol. The van der Waals surface area contributed by atoms with Crippen molar-refractivity contribution >= 4 is 17.5 Å². The van der Waals surface area contributed by atoms with Crippen LogP contribution in [0.3, 0.4) is 0 Å². The molecule has 0 aliphatic rings. The molecule has 0 saturated heterocycles. The molecule has 0 aromatic carbocycles. The zero-order valence-corrected chi connectivity index (χ0v) is 10.9. The third-order valence-corrected chi connectivity index (χ3v) is 2.33. The number of hydrogen-bond acceptors (Lipinski definition) is 6. The SMILES string of the molecule is CCOc1nc(Cl)nc(N(C)Cc2ccco2)n1. The average Bonchev–Trinajstić information content (AvgIpc) is 2.81. The fourth-order valence-electron chi connectivity index (χ4n) is 1.39. The Bertz CT molecular complexity index is 504. The van der Waals surface area contributed by atoms with Crippen molar-refractivity contribution in [3.8, 4) is 6.01 Å². The van der Waals surface area contributed by atoms with Crippen LogP contribution in [0, 0.1) is 0 Å². The number of furan rings is 1. The summed E-state index contributed by atoms with van der Waals surface area (Å²) in [6, 6.07) is 3.93. The van der Waals surface area contributed by atoms with E-state index < -0.39 is 0 Å². The molecule has 0 radical (unpaired) electrons. The molecule has 2 heterocycles. The molecule has 0 aliphatic heterocycles. The van der Waals surface area contributed by atoms with E-state index in [9.17, 15) is 0 Å². The van der Waals surface area contributed by atoms with Crippen LogP contribution >= 0.6 is 11.6 Å². The largest absolute Gasteiger partial charge is 0.467 e. The van der Waals surface area contributed by atoms with Crippen molar-refractivity contribution in [2.75, 3.05) is 18.6 Å². The molecule has 0 atom stereocenters. The molecular weight excluding hydrogens is 256 g/mol. The summed E-state index contributed by atoms with van der Waals surface area (Å²) < 4.78 is 10.5.